The number of nitrogens with two attached hydrogens (primary N) is 1. The van der Waals surface area contributed by atoms with E-state index in [1.165, 1.54) is 5.56 Å². The highest BCUT2D eigenvalue weighted by Gasteiger charge is 2.16. The molecule has 2 heteroatoms. The maximum atomic E-state index is 5.68. The van der Waals surface area contributed by atoms with Gasteiger partial charge in [-0.2, -0.15) is 0 Å². The van der Waals surface area contributed by atoms with Gasteiger partial charge in [-0.3, -0.25) is 0 Å². The summed E-state index contributed by atoms with van der Waals surface area (Å²) in [7, 11) is 0. The van der Waals surface area contributed by atoms with Gasteiger partial charge in [-0.15, -0.1) is 0 Å². The summed E-state index contributed by atoms with van der Waals surface area (Å²) in [5, 5.41) is 0. The quantitative estimate of drug-likeness (QED) is 0.747. The van der Waals surface area contributed by atoms with Gasteiger partial charge in [0.05, 0.1) is 6.61 Å². The first-order chi connectivity index (χ1) is 7.25. The minimum absolute atomic E-state index is 0.127. The number of para-hydroxylation sites is 1. The Hall–Kier alpha value is -1.28. The van der Waals surface area contributed by atoms with E-state index < -0.39 is 0 Å². The third-order valence-corrected chi connectivity index (χ3v) is 2.59. The predicted octanol–water partition coefficient (Wildman–Crippen LogP) is 2.14. The van der Waals surface area contributed by atoms with Gasteiger partial charge in [-0.1, -0.05) is 30.4 Å². The summed E-state index contributed by atoms with van der Waals surface area (Å²) in [6.07, 6.45) is 5.27. The van der Waals surface area contributed by atoms with E-state index in [9.17, 15) is 0 Å². The topological polar surface area (TPSA) is 35.2 Å². The van der Waals surface area contributed by atoms with Crippen molar-refractivity contribution in [3.05, 3.63) is 42.0 Å². The van der Waals surface area contributed by atoms with E-state index in [0.717, 1.165) is 18.8 Å². The summed E-state index contributed by atoms with van der Waals surface area (Å²) >= 11 is 0. The van der Waals surface area contributed by atoms with Crippen molar-refractivity contribution in [2.24, 2.45) is 11.7 Å². The monoisotopic (exact) mass is 203 g/mol. The van der Waals surface area contributed by atoms with Crippen LogP contribution in [0.15, 0.2) is 36.4 Å². The second-order valence-corrected chi connectivity index (χ2v) is 4.13. The largest absolute Gasteiger partial charge is 0.493 e. The Kier molecular flexibility index (Phi) is 3.07. The zero-order chi connectivity index (χ0) is 10.7. The number of hydrogen-bond donors (Lipinski definition) is 1. The van der Waals surface area contributed by atoms with Gasteiger partial charge in [-0.05, 0) is 25.0 Å². The van der Waals surface area contributed by atoms with Crippen LogP contribution in [0.25, 0.3) is 0 Å². The lowest BCUT2D eigenvalue weighted by molar-refractivity contribution is 0.249. The molecule has 1 aliphatic rings. The van der Waals surface area contributed by atoms with Gasteiger partial charge < -0.3 is 10.5 Å². The highest BCUT2D eigenvalue weighted by Crippen LogP contribution is 2.27. The average Bonchev–Trinajstić information content (AvgIpc) is 2.26. The van der Waals surface area contributed by atoms with Gasteiger partial charge >= 0.3 is 0 Å². The van der Waals surface area contributed by atoms with Crippen molar-refractivity contribution in [3.63, 3.8) is 0 Å². The van der Waals surface area contributed by atoms with Crippen LogP contribution >= 0.6 is 0 Å². The summed E-state index contributed by atoms with van der Waals surface area (Å²) in [6, 6.07) is 8.35. The number of hydrogen-bond acceptors (Lipinski definition) is 2. The summed E-state index contributed by atoms with van der Waals surface area (Å²) in [5.41, 5.74) is 6.97. The van der Waals surface area contributed by atoms with E-state index in [1.54, 1.807) is 0 Å². The lowest BCUT2D eigenvalue weighted by Gasteiger charge is -2.23. The first-order valence-corrected chi connectivity index (χ1v) is 5.40. The van der Waals surface area contributed by atoms with Gasteiger partial charge in [0.2, 0.25) is 0 Å². The zero-order valence-electron chi connectivity index (χ0n) is 9.02. The van der Waals surface area contributed by atoms with Crippen LogP contribution in [-0.4, -0.2) is 12.6 Å². The maximum absolute atomic E-state index is 5.68. The van der Waals surface area contributed by atoms with Gasteiger partial charge in [0, 0.05) is 12.0 Å². The minimum Gasteiger partial charge on any atom is -0.493 e. The van der Waals surface area contributed by atoms with Crippen LogP contribution in [0, 0.1) is 5.92 Å². The fraction of sp³-hybridized carbons (Fsp3) is 0.385. The average molecular weight is 203 g/mol. The molecule has 0 fully saturated rings. The Morgan fingerprint density at radius 2 is 2.27 bits per heavy atom. The van der Waals surface area contributed by atoms with Gasteiger partial charge in [0.1, 0.15) is 5.75 Å². The molecule has 80 valence electrons. The molecule has 1 aliphatic heterocycles. The van der Waals surface area contributed by atoms with Gasteiger partial charge in [0.15, 0.2) is 0 Å². The number of fused-ring (bicyclic) bond motifs is 1. The molecule has 2 N–H and O–H groups in total. The molecular weight excluding hydrogens is 186 g/mol. The summed E-state index contributed by atoms with van der Waals surface area (Å²) in [5.74, 6) is 1.49. The molecule has 2 atom stereocenters. The Balaban J connectivity index is 2.06. The molecule has 0 bridgehead atoms. The van der Waals surface area contributed by atoms with E-state index in [0.29, 0.717) is 5.92 Å². The smallest absolute Gasteiger partial charge is 0.122 e. The van der Waals surface area contributed by atoms with Crippen molar-refractivity contribution in [1.29, 1.82) is 0 Å². The molecule has 15 heavy (non-hydrogen) atoms. The van der Waals surface area contributed by atoms with E-state index in [2.05, 4.69) is 18.2 Å². The maximum Gasteiger partial charge on any atom is 0.122 e. The first kappa shape index (κ1) is 10.2. The normalized spacial score (nSPS) is 22.1. The molecule has 2 unspecified atom stereocenters. The van der Waals surface area contributed by atoms with Crippen molar-refractivity contribution in [3.8, 4) is 5.75 Å². The zero-order valence-corrected chi connectivity index (χ0v) is 9.02. The Bertz CT molecular complexity index is 357. The van der Waals surface area contributed by atoms with Crippen molar-refractivity contribution in [1.82, 2.24) is 0 Å². The number of benzene rings is 1. The summed E-state index contributed by atoms with van der Waals surface area (Å²) in [6.45, 7) is 2.74. The van der Waals surface area contributed by atoms with E-state index >= 15 is 0 Å². The Labute approximate surface area is 90.7 Å². The van der Waals surface area contributed by atoms with Crippen molar-refractivity contribution in [2.45, 2.75) is 19.4 Å². The SMILES string of the molecule is CC(N)/C=C/C1COc2ccccc2C1. The highest BCUT2D eigenvalue weighted by molar-refractivity contribution is 5.35. The summed E-state index contributed by atoms with van der Waals surface area (Å²) < 4.78 is 5.68. The molecular formula is C13H17NO. The lowest BCUT2D eigenvalue weighted by atomic mass is 9.96. The molecule has 2 nitrogen and oxygen atoms in total. The van der Waals surface area contributed by atoms with Crippen LogP contribution in [0.4, 0.5) is 0 Å². The fourth-order valence-electron chi connectivity index (χ4n) is 1.81. The van der Waals surface area contributed by atoms with Crippen LogP contribution in [0.5, 0.6) is 5.75 Å². The van der Waals surface area contributed by atoms with Crippen LogP contribution in [0.3, 0.4) is 0 Å². The van der Waals surface area contributed by atoms with Crippen LogP contribution in [0.1, 0.15) is 12.5 Å². The van der Waals surface area contributed by atoms with Gasteiger partial charge in [-0.25, -0.2) is 0 Å². The molecule has 0 amide bonds. The Morgan fingerprint density at radius 1 is 1.47 bits per heavy atom. The summed E-state index contributed by atoms with van der Waals surface area (Å²) in [4.78, 5) is 0. The molecule has 1 aromatic rings. The minimum atomic E-state index is 0.127. The van der Waals surface area contributed by atoms with E-state index in [1.807, 2.05) is 25.1 Å². The van der Waals surface area contributed by atoms with Crippen molar-refractivity contribution >= 4 is 0 Å². The molecule has 0 spiro atoms. The van der Waals surface area contributed by atoms with Crippen molar-refractivity contribution in [2.75, 3.05) is 6.61 Å². The fourth-order valence-corrected chi connectivity index (χ4v) is 1.81. The lowest BCUT2D eigenvalue weighted by Crippen LogP contribution is -2.20. The molecule has 0 radical (unpaired) electrons. The molecule has 2 rings (SSSR count). The molecule has 0 saturated heterocycles. The van der Waals surface area contributed by atoms with Crippen LogP contribution < -0.4 is 10.5 Å². The van der Waals surface area contributed by atoms with Crippen molar-refractivity contribution < 1.29 is 4.74 Å². The second kappa shape index (κ2) is 4.49. The third-order valence-electron chi connectivity index (χ3n) is 2.59. The highest BCUT2D eigenvalue weighted by atomic mass is 16.5. The van der Waals surface area contributed by atoms with Gasteiger partial charge in [0.25, 0.3) is 0 Å². The first-order valence-electron chi connectivity index (χ1n) is 5.40. The molecule has 1 heterocycles. The molecule has 0 aromatic heterocycles. The number of rotatable bonds is 2. The van der Waals surface area contributed by atoms with Crippen LogP contribution in [0.2, 0.25) is 0 Å². The molecule has 0 aliphatic carbocycles. The Morgan fingerprint density at radius 3 is 3.07 bits per heavy atom. The predicted molar refractivity (Wildman–Crippen MR) is 61.9 cm³/mol. The van der Waals surface area contributed by atoms with Crippen LogP contribution in [-0.2, 0) is 6.42 Å². The van der Waals surface area contributed by atoms with E-state index in [4.69, 9.17) is 10.5 Å². The van der Waals surface area contributed by atoms with E-state index in [-0.39, 0.29) is 6.04 Å². The third kappa shape index (κ3) is 2.60. The molecule has 0 saturated carbocycles. The second-order valence-electron chi connectivity index (χ2n) is 4.13. The standard InChI is InChI=1S/C13H17NO/c1-10(14)6-7-11-8-12-4-2-3-5-13(12)15-9-11/h2-7,10-11H,8-9,14H2,1H3/b7-6+. The molecule has 1 aromatic carbocycles. The number of ether oxygens (including phenoxy) is 1.